The Bertz CT molecular complexity index is 585. The van der Waals surface area contributed by atoms with E-state index in [1.54, 1.807) is 17.0 Å². The van der Waals surface area contributed by atoms with Gasteiger partial charge in [-0.3, -0.25) is 4.79 Å². The van der Waals surface area contributed by atoms with Gasteiger partial charge in [-0.2, -0.15) is 0 Å². The van der Waals surface area contributed by atoms with Crippen molar-refractivity contribution in [2.75, 3.05) is 19.8 Å². The summed E-state index contributed by atoms with van der Waals surface area (Å²) in [6.45, 7) is 4.40. The molecule has 0 aromatic heterocycles. The number of amides is 1. The Morgan fingerprint density at radius 3 is 2.86 bits per heavy atom. The van der Waals surface area contributed by atoms with Crippen LogP contribution in [0.15, 0.2) is 18.2 Å². The number of likely N-dealkylation sites (tertiary alicyclic amines) is 1. The zero-order valence-corrected chi connectivity index (χ0v) is 12.5. The number of rotatable bonds is 2. The van der Waals surface area contributed by atoms with E-state index >= 15 is 0 Å². The van der Waals surface area contributed by atoms with E-state index in [1.165, 1.54) is 0 Å². The first-order chi connectivity index (χ1) is 10.1. The van der Waals surface area contributed by atoms with Crippen molar-refractivity contribution in [2.24, 2.45) is 5.92 Å². The fourth-order valence-corrected chi connectivity index (χ4v) is 2.83. The van der Waals surface area contributed by atoms with Crippen molar-refractivity contribution in [3.63, 3.8) is 0 Å². The van der Waals surface area contributed by atoms with Crippen LogP contribution in [0.4, 0.5) is 0 Å². The van der Waals surface area contributed by atoms with Crippen LogP contribution in [-0.2, 0) is 0 Å². The summed E-state index contributed by atoms with van der Waals surface area (Å²) >= 11 is 0. The van der Waals surface area contributed by atoms with E-state index in [0.29, 0.717) is 18.0 Å². The van der Waals surface area contributed by atoms with Gasteiger partial charge in [0.25, 0.3) is 5.91 Å². The SMILES string of the molecule is Cc1c(C#CCO)cccc1C(=O)N1CCC(C)C1CO. The van der Waals surface area contributed by atoms with Gasteiger partial charge in [0.15, 0.2) is 0 Å². The molecule has 0 spiro atoms. The van der Waals surface area contributed by atoms with Crippen LogP contribution >= 0.6 is 0 Å². The summed E-state index contributed by atoms with van der Waals surface area (Å²) in [5.74, 6) is 5.74. The fourth-order valence-electron chi connectivity index (χ4n) is 2.83. The van der Waals surface area contributed by atoms with Crippen molar-refractivity contribution in [3.05, 3.63) is 34.9 Å². The highest BCUT2D eigenvalue weighted by Crippen LogP contribution is 2.26. The predicted molar refractivity (Wildman–Crippen MR) is 80.8 cm³/mol. The second-order valence-electron chi connectivity index (χ2n) is 5.45. The summed E-state index contributed by atoms with van der Waals surface area (Å²) < 4.78 is 0. The lowest BCUT2D eigenvalue weighted by Crippen LogP contribution is -2.40. The monoisotopic (exact) mass is 287 g/mol. The quantitative estimate of drug-likeness (QED) is 0.803. The van der Waals surface area contributed by atoms with Gasteiger partial charge in [-0.15, -0.1) is 0 Å². The minimum Gasteiger partial charge on any atom is -0.394 e. The molecule has 4 nitrogen and oxygen atoms in total. The van der Waals surface area contributed by atoms with E-state index in [2.05, 4.69) is 18.8 Å². The lowest BCUT2D eigenvalue weighted by Gasteiger charge is -2.26. The Hall–Kier alpha value is -1.83. The third kappa shape index (κ3) is 3.10. The molecule has 2 atom stereocenters. The van der Waals surface area contributed by atoms with Crippen LogP contribution in [0.5, 0.6) is 0 Å². The minimum absolute atomic E-state index is 0.00401. The van der Waals surface area contributed by atoms with E-state index < -0.39 is 0 Å². The van der Waals surface area contributed by atoms with Gasteiger partial charge in [-0.1, -0.05) is 24.8 Å². The summed E-state index contributed by atoms with van der Waals surface area (Å²) in [4.78, 5) is 14.5. The first kappa shape index (κ1) is 15.6. The molecule has 0 radical (unpaired) electrons. The standard InChI is InChI=1S/C17H21NO3/c1-12-8-9-18(16(12)11-20)17(21)15-7-3-5-14(13(15)2)6-4-10-19/h3,5,7,12,16,19-20H,8-11H2,1-2H3. The van der Waals surface area contributed by atoms with E-state index in [0.717, 1.165) is 17.5 Å². The van der Waals surface area contributed by atoms with E-state index in [1.807, 2.05) is 13.0 Å². The molecule has 2 N–H and O–H groups in total. The molecule has 0 aliphatic carbocycles. The molecule has 1 aromatic carbocycles. The second kappa shape index (κ2) is 6.75. The third-order valence-electron chi connectivity index (χ3n) is 4.20. The molecule has 0 bridgehead atoms. The average molecular weight is 287 g/mol. The van der Waals surface area contributed by atoms with E-state index in [9.17, 15) is 9.90 Å². The maximum Gasteiger partial charge on any atom is 0.254 e. The van der Waals surface area contributed by atoms with Gasteiger partial charge in [-0.25, -0.2) is 0 Å². The molecule has 21 heavy (non-hydrogen) atoms. The number of hydrogen-bond acceptors (Lipinski definition) is 3. The lowest BCUT2D eigenvalue weighted by molar-refractivity contribution is 0.0647. The highest BCUT2D eigenvalue weighted by Gasteiger charge is 2.34. The maximum atomic E-state index is 12.7. The highest BCUT2D eigenvalue weighted by molar-refractivity contribution is 5.96. The van der Waals surface area contributed by atoms with Crippen LogP contribution in [0.2, 0.25) is 0 Å². The number of carbonyl (C=O) groups excluding carboxylic acids is 1. The Labute approximate surface area is 125 Å². The van der Waals surface area contributed by atoms with Gasteiger partial charge in [0, 0.05) is 17.7 Å². The van der Waals surface area contributed by atoms with Crippen LogP contribution in [0, 0.1) is 24.7 Å². The summed E-state index contributed by atoms with van der Waals surface area (Å²) in [5.41, 5.74) is 2.19. The molecule has 1 aliphatic rings. The van der Waals surface area contributed by atoms with Gasteiger partial charge in [-0.05, 0) is 37.0 Å². The number of nitrogens with zero attached hydrogens (tertiary/aromatic N) is 1. The molecular formula is C17H21NO3. The molecule has 4 heteroatoms. The maximum absolute atomic E-state index is 12.7. The number of carbonyl (C=O) groups is 1. The Kier molecular flexibility index (Phi) is 5.00. The molecule has 1 aliphatic heterocycles. The predicted octanol–water partition coefficient (Wildman–Crippen LogP) is 1.18. The Morgan fingerprint density at radius 1 is 1.43 bits per heavy atom. The molecule has 1 fully saturated rings. The van der Waals surface area contributed by atoms with E-state index in [-0.39, 0.29) is 25.2 Å². The first-order valence-electron chi connectivity index (χ1n) is 7.21. The summed E-state index contributed by atoms with van der Waals surface area (Å²) in [6.07, 6.45) is 0.917. The summed E-state index contributed by atoms with van der Waals surface area (Å²) in [6, 6.07) is 5.32. The van der Waals surface area contributed by atoms with Crippen molar-refractivity contribution in [1.29, 1.82) is 0 Å². The summed E-state index contributed by atoms with van der Waals surface area (Å²) in [5, 5.41) is 18.3. The molecule has 1 amide bonds. The summed E-state index contributed by atoms with van der Waals surface area (Å²) in [7, 11) is 0. The molecule has 1 aromatic rings. The lowest BCUT2D eigenvalue weighted by atomic mass is 10.0. The van der Waals surface area contributed by atoms with Crippen LogP contribution in [0.3, 0.4) is 0 Å². The Balaban J connectivity index is 2.32. The van der Waals surface area contributed by atoms with E-state index in [4.69, 9.17) is 5.11 Å². The largest absolute Gasteiger partial charge is 0.394 e. The first-order valence-corrected chi connectivity index (χ1v) is 7.21. The topological polar surface area (TPSA) is 60.8 Å². The minimum atomic E-state index is -0.201. The molecule has 0 saturated carbocycles. The van der Waals surface area contributed by atoms with Crippen LogP contribution < -0.4 is 0 Å². The average Bonchev–Trinajstić information content (AvgIpc) is 2.86. The van der Waals surface area contributed by atoms with Crippen molar-refractivity contribution >= 4 is 5.91 Å². The van der Waals surface area contributed by atoms with Gasteiger partial charge in [0.1, 0.15) is 6.61 Å². The van der Waals surface area contributed by atoms with Crippen LogP contribution in [-0.4, -0.2) is 46.8 Å². The Morgan fingerprint density at radius 2 is 2.19 bits per heavy atom. The number of benzene rings is 1. The number of hydrogen-bond donors (Lipinski definition) is 2. The number of aliphatic hydroxyl groups excluding tert-OH is 2. The zero-order valence-electron chi connectivity index (χ0n) is 12.5. The zero-order chi connectivity index (χ0) is 15.4. The van der Waals surface area contributed by atoms with Crippen LogP contribution in [0.25, 0.3) is 0 Å². The molecule has 1 saturated heterocycles. The molecule has 2 unspecified atom stereocenters. The van der Waals surface area contributed by atoms with Gasteiger partial charge in [0.05, 0.1) is 12.6 Å². The third-order valence-corrected chi connectivity index (χ3v) is 4.20. The molecule has 1 heterocycles. The molecular weight excluding hydrogens is 266 g/mol. The number of aliphatic hydroxyl groups is 2. The van der Waals surface area contributed by atoms with Crippen molar-refractivity contribution in [2.45, 2.75) is 26.3 Å². The van der Waals surface area contributed by atoms with Crippen molar-refractivity contribution in [3.8, 4) is 11.8 Å². The van der Waals surface area contributed by atoms with Gasteiger partial charge < -0.3 is 15.1 Å². The fraction of sp³-hybridized carbons (Fsp3) is 0.471. The van der Waals surface area contributed by atoms with Crippen molar-refractivity contribution in [1.82, 2.24) is 4.90 Å². The smallest absolute Gasteiger partial charge is 0.254 e. The molecule has 112 valence electrons. The molecule has 2 rings (SSSR count). The highest BCUT2D eigenvalue weighted by atomic mass is 16.3. The van der Waals surface area contributed by atoms with Crippen LogP contribution in [0.1, 0.15) is 34.8 Å². The van der Waals surface area contributed by atoms with Gasteiger partial charge >= 0.3 is 0 Å². The van der Waals surface area contributed by atoms with Crippen molar-refractivity contribution < 1.29 is 15.0 Å². The normalized spacial score (nSPS) is 21.0. The van der Waals surface area contributed by atoms with Gasteiger partial charge in [0.2, 0.25) is 0 Å². The second-order valence-corrected chi connectivity index (χ2v) is 5.45.